The average Bonchev–Trinajstić information content (AvgIpc) is 2.95. The quantitative estimate of drug-likeness (QED) is 0.833. The number of nitrogens with zero attached hydrogens (tertiary/aromatic N) is 3. The highest BCUT2D eigenvalue weighted by Crippen LogP contribution is 2.36. The van der Waals surface area contributed by atoms with Gasteiger partial charge in [0.2, 0.25) is 0 Å². The molecule has 120 valence electrons. The second-order valence-electron chi connectivity index (χ2n) is 5.74. The summed E-state index contributed by atoms with van der Waals surface area (Å²) in [6, 6.07) is 0.861. The van der Waals surface area contributed by atoms with Crippen LogP contribution in [0.15, 0.2) is 6.33 Å². The lowest BCUT2D eigenvalue weighted by molar-refractivity contribution is 0.445. The van der Waals surface area contributed by atoms with Gasteiger partial charge in [0.1, 0.15) is 12.2 Å². The molecule has 2 rings (SSSR count). The third-order valence-corrected chi connectivity index (χ3v) is 7.30. The van der Waals surface area contributed by atoms with Gasteiger partial charge in [-0.2, -0.15) is 28.6 Å². The molecule has 1 N–H and O–H groups in total. The zero-order chi connectivity index (χ0) is 15.2. The van der Waals surface area contributed by atoms with E-state index in [9.17, 15) is 0 Å². The lowest BCUT2D eigenvalue weighted by Gasteiger charge is -2.36. The van der Waals surface area contributed by atoms with E-state index < -0.39 is 0 Å². The van der Waals surface area contributed by atoms with Crippen molar-refractivity contribution in [1.29, 1.82) is 0 Å². The highest BCUT2D eigenvalue weighted by Gasteiger charge is 2.32. The van der Waals surface area contributed by atoms with E-state index in [-0.39, 0.29) is 0 Å². The molecule has 1 aromatic heterocycles. The van der Waals surface area contributed by atoms with Gasteiger partial charge >= 0.3 is 0 Å². The monoisotopic (exact) mass is 328 g/mol. The van der Waals surface area contributed by atoms with Gasteiger partial charge < -0.3 is 5.32 Å². The molecule has 0 radical (unpaired) electrons. The predicted molar refractivity (Wildman–Crippen MR) is 94.4 cm³/mol. The number of aromatic nitrogens is 3. The smallest absolute Gasteiger partial charge is 0.138 e. The number of hydrogen-bond donors (Lipinski definition) is 1. The summed E-state index contributed by atoms with van der Waals surface area (Å²) in [4.78, 5) is 4.50. The summed E-state index contributed by atoms with van der Waals surface area (Å²) >= 11 is 4.28. The fourth-order valence-electron chi connectivity index (χ4n) is 2.93. The van der Waals surface area contributed by atoms with Gasteiger partial charge in [-0.25, -0.2) is 9.67 Å². The average molecular weight is 329 g/mol. The first-order valence-electron chi connectivity index (χ1n) is 8.02. The van der Waals surface area contributed by atoms with Crippen molar-refractivity contribution in [3.63, 3.8) is 0 Å². The summed E-state index contributed by atoms with van der Waals surface area (Å²) < 4.78 is 2.06. The maximum absolute atomic E-state index is 4.50. The van der Waals surface area contributed by atoms with Crippen molar-refractivity contribution in [3.8, 4) is 0 Å². The Balaban J connectivity index is 2.12. The molecular weight excluding hydrogens is 300 g/mol. The molecule has 1 saturated heterocycles. The van der Waals surface area contributed by atoms with Crippen molar-refractivity contribution < 1.29 is 0 Å². The van der Waals surface area contributed by atoms with Crippen molar-refractivity contribution in [2.75, 3.05) is 18.1 Å². The van der Waals surface area contributed by atoms with Crippen LogP contribution in [0.4, 0.5) is 0 Å². The second-order valence-corrected chi connectivity index (χ2v) is 8.37. The Morgan fingerprint density at radius 1 is 1.33 bits per heavy atom. The number of hydrogen-bond acceptors (Lipinski definition) is 5. The van der Waals surface area contributed by atoms with Crippen LogP contribution in [0.3, 0.4) is 0 Å². The second kappa shape index (κ2) is 8.44. The summed E-state index contributed by atoms with van der Waals surface area (Å²) in [6.45, 7) is 9.86. The summed E-state index contributed by atoms with van der Waals surface area (Å²) in [5, 5.41) is 9.51. The lowest BCUT2D eigenvalue weighted by Crippen LogP contribution is -2.46. The zero-order valence-corrected chi connectivity index (χ0v) is 15.2. The van der Waals surface area contributed by atoms with Crippen LogP contribution in [0.2, 0.25) is 0 Å². The standard InChI is InChI=1S/C15H28N4S2/c1-5-13-15(21-8-7-20-13)12(16-6-2)9-14-17-10-18-19(14)11(3)4/h10-13,15-16H,5-9H2,1-4H3. The molecule has 1 aromatic rings. The van der Waals surface area contributed by atoms with Crippen LogP contribution in [-0.4, -0.2) is 49.4 Å². The molecule has 2 heterocycles. The Hall–Kier alpha value is -0.200. The number of rotatable bonds is 7. The summed E-state index contributed by atoms with van der Waals surface area (Å²) in [7, 11) is 0. The number of nitrogens with one attached hydrogen (secondary N) is 1. The third-order valence-electron chi connectivity index (χ3n) is 3.90. The van der Waals surface area contributed by atoms with E-state index in [0.717, 1.165) is 24.0 Å². The van der Waals surface area contributed by atoms with Crippen LogP contribution in [0.5, 0.6) is 0 Å². The molecule has 0 aliphatic carbocycles. The predicted octanol–water partition coefficient (Wildman–Crippen LogP) is 3.01. The van der Waals surface area contributed by atoms with Crippen LogP contribution in [0.25, 0.3) is 0 Å². The van der Waals surface area contributed by atoms with Crippen molar-refractivity contribution in [1.82, 2.24) is 20.1 Å². The first-order valence-corrected chi connectivity index (χ1v) is 10.1. The minimum Gasteiger partial charge on any atom is -0.313 e. The van der Waals surface area contributed by atoms with Gasteiger partial charge in [-0.15, -0.1) is 0 Å². The molecule has 0 amide bonds. The van der Waals surface area contributed by atoms with Crippen LogP contribution in [-0.2, 0) is 6.42 Å². The molecule has 0 spiro atoms. The maximum atomic E-state index is 4.50. The van der Waals surface area contributed by atoms with E-state index in [1.165, 1.54) is 17.9 Å². The van der Waals surface area contributed by atoms with E-state index in [4.69, 9.17) is 0 Å². The van der Waals surface area contributed by atoms with Gasteiger partial charge in [-0.05, 0) is 26.8 Å². The Morgan fingerprint density at radius 2 is 2.10 bits per heavy atom. The molecule has 21 heavy (non-hydrogen) atoms. The first-order chi connectivity index (χ1) is 10.2. The topological polar surface area (TPSA) is 42.7 Å². The van der Waals surface area contributed by atoms with Crippen molar-refractivity contribution in [3.05, 3.63) is 12.2 Å². The van der Waals surface area contributed by atoms with Crippen molar-refractivity contribution in [2.45, 2.75) is 63.1 Å². The molecule has 3 atom stereocenters. The minimum absolute atomic E-state index is 0.375. The first kappa shape index (κ1) is 17.2. The molecule has 1 aliphatic heterocycles. The normalized spacial score (nSPS) is 24.4. The Kier molecular flexibility index (Phi) is 6.89. The fourth-order valence-corrected chi connectivity index (χ4v) is 6.19. The molecule has 1 aliphatic rings. The molecule has 6 heteroatoms. The van der Waals surface area contributed by atoms with E-state index in [0.29, 0.717) is 17.3 Å². The van der Waals surface area contributed by atoms with E-state index in [2.05, 4.69) is 71.3 Å². The summed E-state index contributed by atoms with van der Waals surface area (Å²) in [5.74, 6) is 3.67. The molecule has 4 nitrogen and oxygen atoms in total. The summed E-state index contributed by atoms with van der Waals surface area (Å²) in [6.07, 6.45) is 3.92. The summed E-state index contributed by atoms with van der Waals surface area (Å²) in [5.41, 5.74) is 0. The molecule has 0 aromatic carbocycles. The molecule has 0 bridgehead atoms. The molecule has 3 unspecified atom stereocenters. The van der Waals surface area contributed by atoms with Gasteiger partial charge in [0.15, 0.2) is 0 Å². The highest BCUT2D eigenvalue weighted by molar-refractivity contribution is 8.07. The highest BCUT2D eigenvalue weighted by atomic mass is 32.2. The van der Waals surface area contributed by atoms with E-state index >= 15 is 0 Å². The van der Waals surface area contributed by atoms with E-state index in [1.807, 2.05) is 0 Å². The van der Waals surface area contributed by atoms with Gasteiger partial charge in [-0.1, -0.05) is 13.8 Å². The van der Waals surface area contributed by atoms with Crippen molar-refractivity contribution >= 4 is 23.5 Å². The van der Waals surface area contributed by atoms with Crippen LogP contribution < -0.4 is 5.32 Å². The Labute approximate surface area is 137 Å². The van der Waals surface area contributed by atoms with Crippen LogP contribution in [0, 0.1) is 0 Å². The fraction of sp³-hybridized carbons (Fsp3) is 0.867. The van der Waals surface area contributed by atoms with Gasteiger partial charge in [-0.3, -0.25) is 0 Å². The van der Waals surface area contributed by atoms with Crippen LogP contribution >= 0.6 is 23.5 Å². The van der Waals surface area contributed by atoms with Crippen LogP contribution in [0.1, 0.15) is 46.0 Å². The van der Waals surface area contributed by atoms with Gasteiger partial charge in [0.05, 0.1) is 0 Å². The van der Waals surface area contributed by atoms with Crippen molar-refractivity contribution in [2.24, 2.45) is 0 Å². The molecule has 1 fully saturated rings. The lowest BCUT2D eigenvalue weighted by atomic mass is 10.0. The zero-order valence-electron chi connectivity index (χ0n) is 13.6. The Morgan fingerprint density at radius 3 is 2.76 bits per heavy atom. The third kappa shape index (κ3) is 4.39. The van der Waals surface area contributed by atoms with E-state index in [1.54, 1.807) is 6.33 Å². The number of likely N-dealkylation sites (N-methyl/N-ethyl adjacent to an activating group) is 1. The minimum atomic E-state index is 0.375. The Bertz CT molecular complexity index is 422. The largest absolute Gasteiger partial charge is 0.313 e. The van der Waals surface area contributed by atoms with Gasteiger partial charge in [0, 0.05) is 40.5 Å². The van der Waals surface area contributed by atoms with Gasteiger partial charge in [0.25, 0.3) is 0 Å². The maximum Gasteiger partial charge on any atom is 0.138 e. The number of thioether (sulfide) groups is 2. The molecule has 0 saturated carbocycles. The SMILES string of the molecule is CCNC(Cc1ncnn1C(C)C)C1SCCSC1CC. The molecular formula is C15H28N4S2.